The lowest BCUT2D eigenvalue weighted by Crippen LogP contribution is -2.28. The van der Waals surface area contributed by atoms with E-state index in [4.69, 9.17) is 14.2 Å². The molecule has 0 radical (unpaired) electrons. The summed E-state index contributed by atoms with van der Waals surface area (Å²) in [5, 5.41) is 2.66. The molecule has 150 valence electrons. The second-order valence-electron chi connectivity index (χ2n) is 5.96. The first-order chi connectivity index (χ1) is 13.4. The van der Waals surface area contributed by atoms with Gasteiger partial charge in [-0.15, -0.1) is 11.3 Å². The van der Waals surface area contributed by atoms with Crippen molar-refractivity contribution >= 4 is 29.0 Å². The molecule has 0 bridgehead atoms. The Morgan fingerprint density at radius 1 is 1.00 bits per heavy atom. The molecule has 1 aromatic heterocycles. The van der Waals surface area contributed by atoms with Gasteiger partial charge in [0.1, 0.15) is 0 Å². The summed E-state index contributed by atoms with van der Waals surface area (Å²) in [7, 11) is 3.08. The molecule has 0 spiro atoms. The number of methoxy groups -OCH3 is 2. The molecule has 0 fully saturated rings. The molecule has 1 N–H and O–H groups in total. The molecule has 1 heterocycles. The number of nitrogens with one attached hydrogen (secondary N) is 1. The van der Waals surface area contributed by atoms with Gasteiger partial charge in [-0.2, -0.15) is 0 Å². The van der Waals surface area contributed by atoms with Gasteiger partial charge in [-0.3, -0.25) is 14.4 Å². The number of hydrogen-bond donors (Lipinski definition) is 1. The van der Waals surface area contributed by atoms with Crippen molar-refractivity contribution in [2.24, 2.45) is 0 Å². The van der Waals surface area contributed by atoms with Crippen molar-refractivity contribution in [2.45, 2.75) is 26.3 Å². The van der Waals surface area contributed by atoms with Crippen LogP contribution in [0.15, 0.2) is 30.3 Å². The lowest BCUT2D eigenvalue weighted by molar-refractivity contribution is -0.148. The Kier molecular flexibility index (Phi) is 8.01. The van der Waals surface area contributed by atoms with Crippen molar-refractivity contribution in [1.29, 1.82) is 0 Å². The second kappa shape index (κ2) is 10.5. The number of ether oxygens (including phenoxy) is 3. The maximum Gasteiger partial charge on any atom is 0.306 e. The van der Waals surface area contributed by atoms with Crippen LogP contribution in [0.1, 0.15) is 33.0 Å². The number of carbonyl (C=O) groups is 3. The molecule has 0 atom stereocenters. The fourth-order valence-corrected chi connectivity index (χ4v) is 3.22. The van der Waals surface area contributed by atoms with Crippen LogP contribution in [-0.4, -0.2) is 38.5 Å². The number of thiophene rings is 1. The molecule has 8 heteroatoms. The molecule has 0 aliphatic rings. The van der Waals surface area contributed by atoms with Crippen LogP contribution in [0, 0.1) is 6.92 Å². The number of esters is 1. The summed E-state index contributed by atoms with van der Waals surface area (Å²) in [5.41, 5.74) is 0.814. The zero-order valence-electron chi connectivity index (χ0n) is 16.1. The minimum Gasteiger partial charge on any atom is -0.493 e. The summed E-state index contributed by atoms with van der Waals surface area (Å²) in [6.07, 6.45) is 0.00475. The van der Waals surface area contributed by atoms with Crippen LogP contribution in [0.2, 0.25) is 0 Å². The molecule has 2 aromatic rings. The monoisotopic (exact) mass is 405 g/mol. The first kappa shape index (κ1) is 21.4. The van der Waals surface area contributed by atoms with Crippen LogP contribution in [0.3, 0.4) is 0 Å². The Hall–Kier alpha value is -2.87. The fraction of sp³-hybridized carbons (Fsp3) is 0.350. The fourth-order valence-electron chi connectivity index (χ4n) is 2.38. The van der Waals surface area contributed by atoms with Crippen LogP contribution < -0.4 is 14.8 Å². The second-order valence-corrected chi connectivity index (χ2v) is 7.25. The highest BCUT2D eigenvalue weighted by Crippen LogP contribution is 2.27. The minimum atomic E-state index is -0.581. The van der Waals surface area contributed by atoms with Gasteiger partial charge >= 0.3 is 5.97 Å². The summed E-state index contributed by atoms with van der Waals surface area (Å²) in [5.74, 6) is 0.0456. The number of ketones is 1. The number of amides is 1. The Morgan fingerprint density at radius 2 is 1.75 bits per heavy atom. The molecular weight excluding hydrogens is 382 g/mol. The van der Waals surface area contributed by atoms with Crippen molar-refractivity contribution < 1.29 is 28.6 Å². The zero-order chi connectivity index (χ0) is 20.5. The van der Waals surface area contributed by atoms with E-state index in [1.54, 1.807) is 31.4 Å². The molecule has 0 saturated heterocycles. The van der Waals surface area contributed by atoms with E-state index in [2.05, 4.69) is 5.32 Å². The van der Waals surface area contributed by atoms with Gasteiger partial charge in [0.25, 0.3) is 5.91 Å². The standard InChI is InChI=1S/C20H23NO6S/c1-13-4-8-18(28-13)15(22)6-9-20(24)27-12-19(23)21-11-14-5-7-16(25-2)17(10-14)26-3/h4-5,7-8,10H,6,9,11-12H2,1-3H3,(H,21,23). The number of rotatable bonds is 10. The molecule has 1 amide bonds. The van der Waals surface area contributed by atoms with E-state index >= 15 is 0 Å². The molecule has 1 aromatic carbocycles. The van der Waals surface area contributed by atoms with Crippen molar-refractivity contribution in [1.82, 2.24) is 5.32 Å². The summed E-state index contributed by atoms with van der Waals surface area (Å²) >= 11 is 1.39. The lowest BCUT2D eigenvalue weighted by atomic mass is 10.2. The summed E-state index contributed by atoms with van der Waals surface area (Å²) in [6.45, 7) is 1.78. The smallest absolute Gasteiger partial charge is 0.306 e. The van der Waals surface area contributed by atoms with Crippen molar-refractivity contribution in [3.8, 4) is 11.5 Å². The van der Waals surface area contributed by atoms with Gasteiger partial charge < -0.3 is 19.5 Å². The predicted molar refractivity (Wildman–Crippen MR) is 105 cm³/mol. The normalized spacial score (nSPS) is 10.2. The maximum atomic E-state index is 12.0. The third-order valence-electron chi connectivity index (χ3n) is 3.87. The van der Waals surface area contributed by atoms with Gasteiger partial charge in [-0.05, 0) is 36.8 Å². The topological polar surface area (TPSA) is 90.9 Å². The number of aryl methyl sites for hydroxylation is 1. The van der Waals surface area contributed by atoms with Crippen LogP contribution >= 0.6 is 11.3 Å². The molecule has 28 heavy (non-hydrogen) atoms. The molecular formula is C20H23NO6S. The molecule has 0 unspecified atom stereocenters. The number of hydrogen-bond acceptors (Lipinski definition) is 7. The molecule has 0 saturated carbocycles. The van der Waals surface area contributed by atoms with Crippen molar-refractivity contribution in [3.63, 3.8) is 0 Å². The summed E-state index contributed by atoms with van der Waals surface area (Å²) < 4.78 is 15.3. The molecule has 7 nitrogen and oxygen atoms in total. The Labute approximate surface area is 167 Å². The minimum absolute atomic E-state index is 0.0568. The highest BCUT2D eigenvalue weighted by Gasteiger charge is 2.13. The Balaban J connectivity index is 1.70. The number of carbonyl (C=O) groups excluding carboxylic acids is 3. The highest BCUT2D eigenvalue weighted by atomic mass is 32.1. The van der Waals surface area contributed by atoms with E-state index in [0.717, 1.165) is 10.4 Å². The van der Waals surface area contributed by atoms with E-state index in [-0.39, 0.29) is 25.2 Å². The third kappa shape index (κ3) is 6.38. The number of benzene rings is 1. The van der Waals surface area contributed by atoms with Crippen LogP contribution in [0.5, 0.6) is 11.5 Å². The van der Waals surface area contributed by atoms with E-state index in [9.17, 15) is 14.4 Å². The van der Waals surface area contributed by atoms with Gasteiger partial charge in [0.15, 0.2) is 23.9 Å². The third-order valence-corrected chi connectivity index (χ3v) is 4.91. The maximum absolute atomic E-state index is 12.0. The zero-order valence-corrected chi connectivity index (χ0v) is 16.9. The first-order valence-electron chi connectivity index (χ1n) is 8.65. The van der Waals surface area contributed by atoms with Crippen molar-refractivity contribution in [3.05, 3.63) is 45.6 Å². The molecule has 0 aliphatic carbocycles. The molecule has 0 aliphatic heterocycles. The lowest BCUT2D eigenvalue weighted by Gasteiger charge is -2.10. The van der Waals surface area contributed by atoms with Gasteiger partial charge in [0.2, 0.25) is 0 Å². The number of Topliss-reactive ketones (excluding diaryl/α,β-unsaturated/α-hetero) is 1. The summed E-state index contributed by atoms with van der Waals surface area (Å²) in [4.78, 5) is 37.2. The predicted octanol–water partition coefficient (Wildman–Crippen LogP) is 2.90. The van der Waals surface area contributed by atoms with Crippen LogP contribution in [0.25, 0.3) is 0 Å². The van der Waals surface area contributed by atoms with E-state index < -0.39 is 18.5 Å². The Morgan fingerprint density at radius 3 is 2.39 bits per heavy atom. The SMILES string of the molecule is COc1ccc(CNC(=O)COC(=O)CCC(=O)c2ccc(C)s2)cc1OC. The van der Waals surface area contributed by atoms with Crippen LogP contribution in [-0.2, 0) is 20.9 Å². The van der Waals surface area contributed by atoms with Gasteiger partial charge in [-0.1, -0.05) is 6.07 Å². The van der Waals surface area contributed by atoms with E-state index in [1.807, 2.05) is 13.0 Å². The van der Waals surface area contributed by atoms with Crippen LogP contribution in [0.4, 0.5) is 0 Å². The summed E-state index contributed by atoms with van der Waals surface area (Å²) in [6, 6.07) is 8.90. The average Bonchev–Trinajstić information content (AvgIpc) is 3.14. The van der Waals surface area contributed by atoms with Crippen molar-refractivity contribution in [2.75, 3.05) is 20.8 Å². The van der Waals surface area contributed by atoms with E-state index in [0.29, 0.717) is 16.4 Å². The Bertz CT molecular complexity index is 845. The van der Waals surface area contributed by atoms with E-state index in [1.165, 1.54) is 18.4 Å². The molecule has 2 rings (SSSR count). The largest absolute Gasteiger partial charge is 0.493 e. The van der Waals surface area contributed by atoms with Gasteiger partial charge in [-0.25, -0.2) is 0 Å². The van der Waals surface area contributed by atoms with Gasteiger partial charge in [0.05, 0.1) is 25.5 Å². The van der Waals surface area contributed by atoms with Gasteiger partial charge in [0, 0.05) is 17.8 Å². The average molecular weight is 405 g/mol. The highest BCUT2D eigenvalue weighted by molar-refractivity contribution is 7.14. The quantitative estimate of drug-likeness (QED) is 0.483. The first-order valence-corrected chi connectivity index (χ1v) is 9.47.